The van der Waals surface area contributed by atoms with E-state index < -0.39 is 11.7 Å². The molecule has 0 fully saturated rings. The van der Waals surface area contributed by atoms with E-state index >= 15 is 0 Å². The zero-order valence-corrected chi connectivity index (χ0v) is 10.3. The lowest BCUT2D eigenvalue weighted by molar-refractivity contribution is -0.137. The Morgan fingerprint density at radius 3 is 2.35 bits per heavy atom. The van der Waals surface area contributed by atoms with Crippen LogP contribution in [0.25, 0.3) is 11.1 Å². The highest BCUT2D eigenvalue weighted by molar-refractivity contribution is 5.77. The molecule has 0 atom stereocenters. The van der Waals surface area contributed by atoms with Crippen LogP contribution in [0, 0.1) is 11.3 Å². The first-order valence-corrected chi connectivity index (χ1v) is 5.71. The van der Waals surface area contributed by atoms with Crippen LogP contribution >= 0.6 is 0 Å². The SMILES string of the molecule is N#CCc1ccnc(N)c1-c1ccc(C(F)(F)F)cc1. The van der Waals surface area contributed by atoms with E-state index in [4.69, 9.17) is 11.0 Å². The van der Waals surface area contributed by atoms with Crippen molar-refractivity contribution < 1.29 is 13.2 Å². The van der Waals surface area contributed by atoms with Crippen molar-refractivity contribution in [3.05, 3.63) is 47.7 Å². The molecule has 0 saturated carbocycles. The van der Waals surface area contributed by atoms with Crippen molar-refractivity contribution in [3.8, 4) is 17.2 Å². The Labute approximate surface area is 113 Å². The largest absolute Gasteiger partial charge is 0.416 e. The number of nitrogens with two attached hydrogens (primary N) is 1. The van der Waals surface area contributed by atoms with Crippen molar-refractivity contribution in [3.63, 3.8) is 0 Å². The first kappa shape index (κ1) is 13.9. The van der Waals surface area contributed by atoms with E-state index in [1.807, 2.05) is 6.07 Å². The molecule has 1 aromatic carbocycles. The minimum absolute atomic E-state index is 0.114. The molecular formula is C14H10F3N3. The Morgan fingerprint density at radius 1 is 1.15 bits per heavy atom. The van der Waals surface area contributed by atoms with Gasteiger partial charge in [0.15, 0.2) is 0 Å². The highest BCUT2D eigenvalue weighted by Gasteiger charge is 2.30. The second-order valence-electron chi connectivity index (χ2n) is 4.14. The van der Waals surface area contributed by atoms with E-state index in [2.05, 4.69) is 4.98 Å². The van der Waals surface area contributed by atoms with Crippen LogP contribution in [0.15, 0.2) is 36.5 Å². The zero-order valence-electron chi connectivity index (χ0n) is 10.3. The third-order valence-electron chi connectivity index (χ3n) is 2.84. The lowest BCUT2D eigenvalue weighted by atomic mass is 9.98. The van der Waals surface area contributed by atoms with Crippen LogP contribution in [0.2, 0.25) is 0 Å². The average Bonchev–Trinajstić information content (AvgIpc) is 2.38. The first-order chi connectivity index (χ1) is 9.43. The highest BCUT2D eigenvalue weighted by atomic mass is 19.4. The van der Waals surface area contributed by atoms with Gasteiger partial charge in [0, 0.05) is 11.8 Å². The van der Waals surface area contributed by atoms with Gasteiger partial charge in [-0.2, -0.15) is 18.4 Å². The van der Waals surface area contributed by atoms with Gasteiger partial charge in [0.2, 0.25) is 0 Å². The molecule has 0 saturated heterocycles. The van der Waals surface area contributed by atoms with Gasteiger partial charge in [-0.15, -0.1) is 0 Å². The van der Waals surface area contributed by atoms with Gasteiger partial charge in [-0.1, -0.05) is 12.1 Å². The minimum Gasteiger partial charge on any atom is -0.383 e. The molecule has 20 heavy (non-hydrogen) atoms. The van der Waals surface area contributed by atoms with E-state index in [1.165, 1.54) is 18.3 Å². The van der Waals surface area contributed by atoms with Crippen LogP contribution in [0.4, 0.5) is 19.0 Å². The summed E-state index contributed by atoms with van der Waals surface area (Å²) in [5.74, 6) is 0.192. The molecule has 6 heteroatoms. The second kappa shape index (κ2) is 5.21. The summed E-state index contributed by atoms with van der Waals surface area (Å²) in [5.41, 5.74) is 6.68. The molecule has 102 valence electrons. The number of hydrogen-bond donors (Lipinski definition) is 1. The number of anilines is 1. The van der Waals surface area contributed by atoms with Crippen molar-refractivity contribution in [2.24, 2.45) is 0 Å². The molecular weight excluding hydrogens is 267 g/mol. The molecule has 2 N–H and O–H groups in total. The molecule has 0 bridgehead atoms. The summed E-state index contributed by atoms with van der Waals surface area (Å²) in [6.45, 7) is 0. The number of nitrogen functional groups attached to an aromatic ring is 1. The van der Waals surface area contributed by atoms with Crippen molar-refractivity contribution in [1.29, 1.82) is 5.26 Å². The van der Waals surface area contributed by atoms with Gasteiger partial charge in [0.25, 0.3) is 0 Å². The summed E-state index contributed by atoms with van der Waals surface area (Å²) >= 11 is 0. The zero-order chi connectivity index (χ0) is 14.8. The Hall–Kier alpha value is -2.55. The number of halogens is 3. The summed E-state index contributed by atoms with van der Waals surface area (Å²) in [6.07, 6.45) is -2.80. The molecule has 0 aliphatic heterocycles. The van der Waals surface area contributed by atoms with Crippen LogP contribution in [0.1, 0.15) is 11.1 Å². The Bertz CT molecular complexity index is 655. The van der Waals surface area contributed by atoms with Gasteiger partial charge in [0.1, 0.15) is 5.82 Å². The molecule has 1 aromatic heterocycles. The molecule has 0 spiro atoms. The van der Waals surface area contributed by atoms with Crippen LogP contribution in [-0.4, -0.2) is 4.98 Å². The van der Waals surface area contributed by atoms with E-state index in [9.17, 15) is 13.2 Å². The summed E-state index contributed by atoms with van der Waals surface area (Å²) in [5, 5.41) is 8.77. The number of benzene rings is 1. The molecule has 0 unspecified atom stereocenters. The van der Waals surface area contributed by atoms with Crippen molar-refractivity contribution in [1.82, 2.24) is 4.98 Å². The van der Waals surface area contributed by atoms with Gasteiger partial charge in [-0.25, -0.2) is 4.98 Å². The van der Waals surface area contributed by atoms with Crippen molar-refractivity contribution in [2.75, 3.05) is 5.73 Å². The minimum atomic E-state index is -4.38. The fraction of sp³-hybridized carbons (Fsp3) is 0.143. The topological polar surface area (TPSA) is 62.7 Å². The third-order valence-corrected chi connectivity index (χ3v) is 2.84. The number of alkyl halides is 3. The first-order valence-electron chi connectivity index (χ1n) is 5.71. The molecule has 0 radical (unpaired) electrons. The average molecular weight is 277 g/mol. The Morgan fingerprint density at radius 2 is 1.80 bits per heavy atom. The van der Waals surface area contributed by atoms with Crippen molar-refractivity contribution in [2.45, 2.75) is 12.6 Å². The van der Waals surface area contributed by atoms with Gasteiger partial charge in [0.05, 0.1) is 18.1 Å². The second-order valence-corrected chi connectivity index (χ2v) is 4.14. The van der Waals surface area contributed by atoms with Crippen LogP contribution in [0.5, 0.6) is 0 Å². The maximum Gasteiger partial charge on any atom is 0.416 e. The van der Waals surface area contributed by atoms with Gasteiger partial charge >= 0.3 is 6.18 Å². The fourth-order valence-corrected chi connectivity index (χ4v) is 1.91. The normalized spacial score (nSPS) is 11.1. The maximum absolute atomic E-state index is 12.5. The van der Waals surface area contributed by atoms with Crippen molar-refractivity contribution >= 4 is 5.82 Å². The summed E-state index contributed by atoms with van der Waals surface area (Å²) in [6, 6.07) is 8.25. The van der Waals surface area contributed by atoms with Crippen LogP contribution in [0.3, 0.4) is 0 Å². The molecule has 0 aliphatic carbocycles. The standard InChI is InChI=1S/C14H10F3N3/c15-14(16,17)11-3-1-9(2-4-11)12-10(5-7-18)6-8-20-13(12)19/h1-4,6,8H,5H2,(H2,19,20). The Balaban J connectivity index is 2.50. The van der Waals surface area contributed by atoms with Gasteiger partial charge < -0.3 is 5.73 Å². The lowest BCUT2D eigenvalue weighted by Crippen LogP contribution is -2.04. The van der Waals surface area contributed by atoms with Gasteiger partial charge in [-0.05, 0) is 29.3 Å². The lowest BCUT2D eigenvalue weighted by Gasteiger charge is -2.11. The number of nitriles is 1. The monoisotopic (exact) mass is 277 g/mol. The molecule has 2 aromatic rings. The predicted molar refractivity (Wildman–Crippen MR) is 68.4 cm³/mol. The maximum atomic E-state index is 12.5. The van der Waals surface area contributed by atoms with Crippen LogP contribution in [-0.2, 0) is 12.6 Å². The van der Waals surface area contributed by atoms with Crippen LogP contribution < -0.4 is 5.73 Å². The van der Waals surface area contributed by atoms with E-state index in [0.29, 0.717) is 16.7 Å². The molecule has 1 heterocycles. The summed E-state index contributed by atoms with van der Waals surface area (Å²) < 4.78 is 37.6. The van der Waals surface area contributed by atoms with Gasteiger partial charge in [-0.3, -0.25) is 0 Å². The number of hydrogen-bond acceptors (Lipinski definition) is 3. The quantitative estimate of drug-likeness (QED) is 0.914. The summed E-state index contributed by atoms with van der Waals surface area (Å²) in [7, 11) is 0. The molecule has 0 aliphatic rings. The number of pyridine rings is 1. The Kier molecular flexibility index (Phi) is 3.61. The fourth-order valence-electron chi connectivity index (χ4n) is 1.91. The van der Waals surface area contributed by atoms with E-state index in [-0.39, 0.29) is 12.2 Å². The number of aromatic nitrogens is 1. The summed E-state index contributed by atoms with van der Waals surface area (Å²) in [4.78, 5) is 3.92. The third kappa shape index (κ3) is 2.72. The number of rotatable bonds is 2. The smallest absolute Gasteiger partial charge is 0.383 e. The predicted octanol–water partition coefficient (Wildman–Crippen LogP) is 3.42. The van der Waals surface area contributed by atoms with E-state index in [1.54, 1.807) is 6.07 Å². The number of nitrogens with zero attached hydrogens (tertiary/aromatic N) is 2. The highest BCUT2D eigenvalue weighted by Crippen LogP contribution is 2.33. The molecule has 3 nitrogen and oxygen atoms in total. The van der Waals surface area contributed by atoms with E-state index in [0.717, 1.165) is 12.1 Å². The molecule has 0 amide bonds. The molecule has 2 rings (SSSR count).